The van der Waals surface area contributed by atoms with Gasteiger partial charge in [0.1, 0.15) is 0 Å². The van der Waals surface area contributed by atoms with Crippen LogP contribution < -0.4 is 5.32 Å². The zero-order chi connectivity index (χ0) is 12.0. The van der Waals surface area contributed by atoms with Crippen LogP contribution >= 0.6 is 0 Å². The second-order valence-electron chi connectivity index (χ2n) is 4.41. The van der Waals surface area contributed by atoms with Gasteiger partial charge in [0.05, 0.1) is 13.2 Å². The quantitative estimate of drug-likeness (QED) is 0.798. The Morgan fingerprint density at radius 1 is 1.31 bits per heavy atom. The highest BCUT2D eigenvalue weighted by Gasteiger charge is 2.21. The Kier molecular flexibility index (Phi) is 5.60. The van der Waals surface area contributed by atoms with Crippen LogP contribution in [0.4, 0.5) is 4.79 Å². The highest BCUT2D eigenvalue weighted by atomic mass is 16.5. The fourth-order valence-electron chi connectivity index (χ4n) is 2.17. The molecule has 1 N–H and O–H groups in total. The zero-order valence-corrected chi connectivity index (χ0v) is 10.7. The van der Waals surface area contributed by atoms with Crippen LogP contribution in [-0.4, -0.2) is 43.3 Å². The molecule has 0 spiro atoms. The predicted molar refractivity (Wildman–Crippen MR) is 64.5 cm³/mol. The van der Waals surface area contributed by atoms with Crippen molar-refractivity contribution in [3.63, 3.8) is 0 Å². The van der Waals surface area contributed by atoms with Crippen LogP contribution in [0.15, 0.2) is 0 Å². The Morgan fingerprint density at radius 3 is 2.38 bits per heavy atom. The molecule has 1 atom stereocenters. The maximum absolute atomic E-state index is 11.9. The van der Waals surface area contributed by atoms with Gasteiger partial charge >= 0.3 is 6.03 Å². The van der Waals surface area contributed by atoms with Crippen LogP contribution in [-0.2, 0) is 4.74 Å². The third-order valence-electron chi connectivity index (χ3n) is 3.41. The third kappa shape index (κ3) is 3.67. The number of carbonyl (C=O) groups is 1. The van der Waals surface area contributed by atoms with Crippen LogP contribution in [0.1, 0.15) is 33.6 Å². The minimum absolute atomic E-state index is 0.0581. The summed E-state index contributed by atoms with van der Waals surface area (Å²) in [5, 5.41) is 3.08. The number of nitrogens with zero attached hydrogens (tertiary/aromatic N) is 1. The molecule has 1 aliphatic rings. The Morgan fingerprint density at radius 2 is 1.88 bits per heavy atom. The maximum atomic E-state index is 11.9. The fraction of sp³-hybridized carbons (Fsp3) is 0.917. The fourth-order valence-corrected chi connectivity index (χ4v) is 2.17. The second-order valence-corrected chi connectivity index (χ2v) is 4.41. The molecule has 16 heavy (non-hydrogen) atoms. The summed E-state index contributed by atoms with van der Waals surface area (Å²) in [6.07, 6.45) is 2.22. The minimum atomic E-state index is 0.0581. The molecule has 0 saturated carbocycles. The van der Waals surface area contributed by atoms with E-state index < -0.39 is 0 Å². The Bertz CT molecular complexity index is 211. The van der Waals surface area contributed by atoms with Crippen LogP contribution in [0.2, 0.25) is 0 Å². The molecule has 0 radical (unpaired) electrons. The first-order chi connectivity index (χ1) is 7.69. The molecule has 1 fully saturated rings. The van der Waals surface area contributed by atoms with E-state index in [9.17, 15) is 4.79 Å². The third-order valence-corrected chi connectivity index (χ3v) is 3.41. The topological polar surface area (TPSA) is 41.6 Å². The standard InChI is InChI=1S/C12H24N2O2/c1-4-11(5-2)10(3)13-12(15)14-6-8-16-9-7-14/h10-11H,4-9H2,1-3H3,(H,13,15). The molecule has 1 heterocycles. The lowest BCUT2D eigenvalue weighted by Crippen LogP contribution is -2.50. The first-order valence-corrected chi connectivity index (χ1v) is 6.32. The summed E-state index contributed by atoms with van der Waals surface area (Å²) in [4.78, 5) is 13.7. The van der Waals surface area contributed by atoms with Crippen LogP contribution in [0.5, 0.6) is 0 Å². The number of amides is 2. The maximum Gasteiger partial charge on any atom is 0.317 e. The minimum Gasteiger partial charge on any atom is -0.378 e. The number of nitrogens with one attached hydrogen (secondary N) is 1. The predicted octanol–water partition coefficient (Wildman–Crippen LogP) is 1.85. The van der Waals surface area contributed by atoms with E-state index in [-0.39, 0.29) is 12.1 Å². The number of ether oxygens (including phenoxy) is 1. The van der Waals surface area contributed by atoms with Gasteiger partial charge in [0, 0.05) is 19.1 Å². The second kappa shape index (κ2) is 6.74. The average Bonchev–Trinajstić information content (AvgIpc) is 2.31. The molecule has 2 amide bonds. The van der Waals surface area contributed by atoms with Crippen molar-refractivity contribution in [3.8, 4) is 0 Å². The zero-order valence-electron chi connectivity index (χ0n) is 10.7. The van der Waals surface area contributed by atoms with Gasteiger partial charge in [-0.25, -0.2) is 4.79 Å². The first kappa shape index (κ1) is 13.3. The van der Waals surface area contributed by atoms with E-state index in [1.54, 1.807) is 0 Å². The molecule has 4 heteroatoms. The van der Waals surface area contributed by atoms with Crippen LogP contribution in [0.25, 0.3) is 0 Å². The summed E-state index contributed by atoms with van der Waals surface area (Å²) in [6, 6.07) is 0.313. The first-order valence-electron chi connectivity index (χ1n) is 6.32. The van der Waals surface area contributed by atoms with Gasteiger partial charge in [-0.15, -0.1) is 0 Å². The van der Waals surface area contributed by atoms with Gasteiger partial charge in [-0.3, -0.25) is 0 Å². The molecule has 1 rings (SSSR count). The number of carbonyl (C=O) groups excluding carboxylic acids is 1. The lowest BCUT2D eigenvalue weighted by atomic mass is 9.96. The monoisotopic (exact) mass is 228 g/mol. The molecule has 1 saturated heterocycles. The lowest BCUT2D eigenvalue weighted by molar-refractivity contribution is 0.0520. The molecule has 0 bridgehead atoms. The number of urea groups is 1. The van der Waals surface area contributed by atoms with E-state index in [1.807, 2.05) is 4.90 Å². The molecule has 4 nitrogen and oxygen atoms in total. The summed E-state index contributed by atoms with van der Waals surface area (Å²) in [5.74, 6) is 0.574. The van der Waals surface area contributed by atoms with E-state index in [0.717, 1.165) is 12.8 Å². The molecule has 94 valence electrons. The van der Waals surface area contributed by atoms with Crippen molar-refractivity contribution in [2.45, 2.75) is 39.7 Å². The van der Waals surface area contributed by atoms with Crippen LogP contribution in [0, 0.1) is 5.92 Å². The van der Waals surface area contributed by atoms with E-state index in [4.69, 9.17) is 4.74 Å². The van der Waals surface area contributed by atoms with Gasteiger partial charge in [-0.2, -0.15) is 0 Å². The number of rotatable bonds is 4. The Labute approximate surface area is 98.3 Å². The van der Waals surface area contributed by atoms with Crippen molar-refractivity contribution in [2.75, 3.05) is 26.3 Å². The lowest BCUT2D eigenvalue weighted by Gasteiger charge is -2.30. The summed E-state index contributed by atoms with van der Waals surface area (Å²) in [7, 11) is 0. The van der Waals surface area contributed by atoms with Crippen molar-refractivity contribution >= 4 is 6.03 Å². The van der Waals surface area contributed by atoms with Gasteiger partial charge in [0.25, 0.3) is 0 Å². The average molecular weight is 228 g/mol. The highest BCUT2D eigenvalue weighted by Crippen LogP contribution is 2.13. The largest absolute Gasteiger partial charge is 0.378 e. The summed E-state index contributed by atoms with van der Waals surface area (Å²) >= 11 is 0. The van der Waals surface area contributed by atoms with E-state index in [0.29, 0.717) is 32.2 Å². The molecule has 1 aliphatic heterocycles. The number of hydrogen-bond acceptors (Lipinski definition) is 2. The van der Waals surface area contributed by atoms with Crippen molar-refractivity contribution in [1.29, 1.82) is 0 Å². The molecular formula is C12H24N2O2. The number of hydrogen-bond donors (Lipinski definition) is 1. The molecule has 0 aliphatic carbocycles. The van der Waals surface area contributed by atoms with Gasteiger partial charge < -0.3 is 15.0 Å². The van der Waals surface area contributed by atoms with Gasteiger partial charge in [0.2, 0.25) is 0 Å². The Hall–Kier alpha value is -0.770. The van der Waals surface area contributed by atoms with E-state index in [2.05, 4.69) is 26.1 Å². The Balaban J connectivity index is 2.37. The molecule has 0 aromatic carbocycles. The molecule has 0 aromatic heterocycles. The SMILES string of the molecule is CCC(CC)C(C)NC(=O)N1CCOCC1. The van der Waals surface area contributed by atoms with Gasteiger partial charge in [-0.05, 0) is 12.8 Å². The molecular weight excluding hydrogens is 204 g/mol. The molecule has 1 unspecified atom stereocenters. The van der Waals surface area contributed by atoms with Crippen LogP contribution in [0.3, 0.4) is 0 Å². The van der Waals surface area contributed by atoms with Gasteiger partial charge in [-0.1, -0.05) is 26.7 Å². The smallest absolute Gasteiger partial charge is 0.317 e. The molecule has 0 aromatic rings. The summed E-state index contributed by atoms with van der Waals surface area (Å²) in [6.45, 7) is 9.18. The van der Waals surface area contributed by atoms with E-state index >= 15 is 0 Å². The van der Waals surface area contributed by atoms with Crippen molar-refractivity contribution in [1.82, 2.24) is 10.2 Å². The van der Waals surface area contributed by atoms with Gasteiger partial charge in [0.15, 0.2) is 0 Å². The van der Waals surface area contributed by atoms with Crippen molar-refractivity contribution in [3.05, 3.63) is 0 Å². The van der Waals surface area contributed by atoms with Crippen molar-refractivity contribution in [2.24, 2.45) is 5.92 Å². The summed E-state index contributed by atoms with van der Waals surface area (Å²) < 4.78 is 5.22. The number of morpholine rings is 1. The summed E-state index contributed by atoms with van der Waals surface area (Å²) in [5.41, 5.74) is 0. The van der Waals surface area contributed by atoms with E-state index in [1.165, 1.54) is 0 Å². The highest BCUT2D eigenvalue weighted by molar-refractivity contribution is 5.74. The van der Waals surface area contributed by atoms with Crippen molar-refractivity contribution < 1.29 is 9.53 Å². The normalized spacial score (nSPS) is 18.6.